The fourth-order valence-corrected chi connectivity index (χ4v) is 10.9. The van der Waals surface area contributed by atoms with Gasteiger partial charge in [0, 0.05) is 62.4 Å². The van der Waals surface area contributed by atoms with Crippen molar-refractivity contribution in [2.24, 2.45) is 0 Å². The van der Waals surface area contributed by atoms with Crippen LogP contribution in [-0.2, 0) is 35.3 Å². The van der Waals surface area contributed by atoms with E-state index < -0.39 is 13.9 Å². The van der Waals surface area contributed by atoms with Gasteiger partial charge in [0.05, 0.1) is 63.2 Å². The van der Waals surface area contributed by atoms with E-state index in [0.717, 1.165) is 89.4 Å². The molecule has 0 atom stereocenters. The Bertz CT molecular complexity index is 3460. The molecular weight excluding hydrogens is 1150 g/mol. The van der Waals surface area contributed by atoms with Crippen LogP contribution in [0.1, 0.15) is 27.7 Å². The molecule has 400 valence electrons. The fraction of sp³-hybridized carbons (Fsp3) is 0.133. The summed E-state index contributed by atoms with van der Waals surface area (Å²) in [4.78, 5) is 35.5. The van der Waals surface area contributed by atoms with Crippen LogP contribution in [0.25, 0.3) is 87.2 Å². The van der Waals surface area contributed by atoms with Gasteiger partial charge in [-0.25, -0.2) is 0 Å². The van der Waals surface area contributed by atoms with Crippen LogP contribution >= 0.6 is 82.8 Å². The van der Waals surface area contributed by atoms with Crippen LogP contribution in [0.2, 0.25) is 20.1 Å². The van der Waals surface area contributed by atoms with Gasteiger partial charge in [0.2, 0.25) is 44.1 Å². The summed E-state index contributed by atoms with van der Waals surface area (Å²) in [6.07, 6.45) is 0. The molecule has 0 amide bonds. The van der Waals surface area contributed by atoms with Crippen molar-refractivity contribution < 1.29 is 47.0 Å². The molecule has 0 aliphatic rings. The van der Waals surface area contributed by atoms with Crippen molar-refractivity contribution >= 4 is 170 Å². The molecule has 18 heteroatoms. The minimum absolute atomic E-state index is 0.848. The van der Waals surface area contributed by atoms with Gasteiger partial charge in [0.1, 0.15) is 26.2 Å². The molecule has 0 bridgehead atoms. The van der Waals surface area contributed by atoms with Crippen LogP contribution in [0.5, 0.6) is 0 Å². The smallest absolute Gasteiger partial charge is 0.214 e. The van der Waals surface area contributed by atoms with E-state index >= 15 is 0 Å². The van der Waals surface area contributed by atoms with Gasteiger partial charge in [0.15, 0.2) is 0 Å². The van der Waals surface area contributed by atoms with E-state index in [4.69, 9.17) is 75.1 Å². The van der Waals surface area contributed by atoms with E-state index in [1.807, 2.05) is 48.5 Å². The van der Waals surface area contributed by atoms with Crippen molar-refractivity contribution in [1.29, 1.82) is 0 Å². The Morgan fingerprint density at radius 1 is 0.282 bits per heavy atom. The molecule has 0 aliphatic heterocycles. The molecule has 0 fully saturated rings. The molecule has 0 unspecified atom stereocenters. The summed E-state index contributed by atoms with van der Waals surface area (Å²) in [6.45, 7) is 3.08. The number of hydrogen-bond acceptors (Lipinski definition) is 6. The summed E-state index contributed by atoms with van der Waals surface area (Å²) < 4.78 is 26.9. The topological polar surface area (TPSA) is 142 Å². The zero-order valence-electron chi connectivity index (χ0n) is 42.7. The van der Waals surface area contributed by atoms with Crippen molar-refractivity contribution in [3.63, 3.8) is 0 Å². The standard InChI is InChI=1S/4C15H13ClN.2ClH2O3P/c4*1-2-17-13-9-5-3-7-11(13)15(16)12-8-4-6-10-14(12)17;2*1-5(2,3)4/h4*3-10H,2H2,1H3;2*(H2,2,3,4)/q4*+1;;/p-4. The van der Waals surface area contributed by atoms with Crippen LogP contribution in [0.4, 0.5) is 0 Å². The van der Waals surface area contributed by atoms with Gasteiger partial charge in [-0.15, -0.1) is 0 Å². The maximum absolute atomic E-state index is 8.87. The highest BCUT2D eigenvalue weighted by Crippen LogP contribution is 2.33. The third kappa shape index (κ3) is 14.3. The molecule has 0 radical (unpaired) electrons. The lowest BCUT2D eigenvalue weighted by molar-refractivity contribution is -0.641. The third-order valence-electron chi connectivity index (χ3n) is 12.7. The molecule has 12 rings (SSSR count). The molecular formula is C60H52Cl6N4O6P2. The minimum atomic E-state index is -4.67. The Balaban J connectivity index is 0.000000142. The number of benzene rings is 8. The number of hydrogen-bond donors (Lipinski definition) is 0. The van der Waals surface area contributed by atoms with Crippen LogP contribution in [0.15, 0.2) is 194 Å². The molecule has 0 N–H and O–H groups in total. The second-order valence-corrected chi connectivity index (χ2v) is 23.0. The van der Waals surface area contributed by atoms with Gasteiger partial charge in [0.25, 0.3) is 0 Å². The molecule has 0 spiro atoms. The van der Waals surface area contributed by atoms with E-state index in [2.05, 4.69) is 214 Å². The fourth-order valence-electron chi connectivity index (χ4n) is 9.62. The second kappa shape index (κ2) is 27.1. The van der Waals surface area contributed by atoms with Gasteiger partial charge in [-0.1, -0.05) is 166 Å². The maximum atomic E-state index is 8.87. The summed E-state index contributed by atoms with van der Waals surface area (Å²) in [6, 6.07) is 66.3. The lowest BCUT2D eigenvalue weighted by Crippen LogP contribution is -2.34. The number of aryl methyl sites for hydroxylation is 4. The van der Waals surface area contributed by atoms with Crippen molar-refractivity contribution in [2.45, 2.75) is 53.9 Å². The maximum Gasteiger partial charge on any atom is 0.214 e. The number of para-hydroxylation sites is 8. The van der Waals surface area contributed by atoms with Gasteiger partial charge in [-0.3, -0.25) is 0 Å². The normalized spacial score (nSPS) is 11.3. The van der Waals surface area contributed by atoms with E-state index in [0.29, 0.717) is 0 Å². The molecule has 8 aromatic carbocycles. The molecule has 4 heterocycles. The first-order valence-electron chi connectivity index (χ1n) is 24.7. The molecule has 0 saturated heterocycles. The Kier molecular flexibility index (Phi) is 20.9. The molecule has 78 heavy (non-hydrogen) atoms. The highest BCUT2D eigenvalue weighted by molar-refractivity contribution is 7.77. The van der Waals surface area contributed by atoms with Gasteiger partial charge < -0.3 is 28.7 Å². The van der Waals surface area contributed by atoms with Crippen molar-refractivity contribution in [3.05, 3.63) is 214 Å². The van der Waals surface area contributed by atoms with E-state index in [1.165, 1.54) is 44.1 Å². The Labute approximate surface area is 481 Å². The first kappa shape index (κ1) is 60.1. The Morgan fingerprint density at radius 2 is 0.385 bits per heavy atom. The number of rotatable bonds is 4. The lowest BCUT2D eigenvalue weighted by atomic mass is 10.1. The molecule has 4 aromatic heterocycles. The zero-order valence-corrected chi connectivity index (χ0v) is 49.0. The summed E-state index contributed by atoms with van der Waals surface area (Å²) in [7, 11) is 0. The number of fused-ring (bicyclic) bond motifs is 8. The van der Waals surface area contributed by atoms with Crippen molar-refractivity contribution in [3.8, 4) is 0 Å². The summed E-state index contributed by atoms with van der Waals surface area (Å²) in [5.41, 5.74) is 9.55. The van der Waals surface area contributed by atoms with Gasteiger partial charge >= 0.3 is 0 Å². The predicted molar refractivity (Wildman–Crippen MR) is 316 cm³/mol. The van der Waals surface area contributed by atoms with Crippen LogP contribution in [0.3, 0.4) is 0 Å². The molecule has 0 aliphatic carbocycles. The van der Waals surface area contributed by atoms with Crippen molar-refractivity contribution in [1.82, 2.24) is 0 Å². The quantitative estimate of drug-likeness (QED) is 0.0976. The average Bonchev–Trinajstić information content (AvgIpc) is 3.54. The zero-order chi connectivity index (χ0) is 56.3. The molecule has 0 saturated carbocycles. The largest absolute Gasteiger partial charge is 0.799 e. The lowest BCUT2D eigenvalue weighted by Gasteiger charge is -2.18. The molecule has 10 nitrogen and oxygen atoms in total. The van der Waals surface area contributed by atoms with E-state index in [-0.39, 0.29) is 0 Å². The van der Waals surface area contributed by atoms with Crippen LogP contribution in [-0.4, -0.2) is 0 Å². The summed E-state index contributed by atoms with van der Waals surface area (Å²) >= 11 is 33.9. The predicted octanol–water partition coefficient (Wildman–Crippen LogP) is 13.9. The highest BCUT2D eigenvalue weighted by Gasteiger charge is 2.21. The summed E-state index contributed by atoms with van der Waals surface area (Å²) in [5.74, 6) is 0. The number of nitrogens with zero attached hydrogens (tertiary/aromatic N) is 4. The van der Waals surface area contributed by atoms with Crippen molar-refractivity contribution in [2.75, 3.05) is 0 Å². The highest BCUT2D eigenvalue weighted by atomic mass is 35.7. The Hall–Kier alpha value is -5.52. The number of aromatic nitrogens is 4. The number of halogens is 6. The van der Waals surface area contributed by atoms with Gasteiger partial charge in [-0.2, -0.15) is 18.3 Å². The SMILES string of the molecule is CC[n+]1c2ccccc2c(Cl)c2ccccc21.CC[n+]1c2ccccc2c(Cl)c2ccccc21.CC[n+]1c2ccccc2c(Cl)c2ccccc21.CC[n+]1c2ccccc2c(Cl)c2ccccc21.O=P([O-])([O-])Cl.O=P([O-])([O-])Cl. The van der Waals surface area contributed by atoms with E-state index in [1.54, 1.807) is 0 Å². The number of pyridine rings is 4. The van der Waals surface area contributed by atoms with E-state index in [9.17, 15) is 0 Å². The van der Waals surface area contributed by atoms with Crippen LogP contribution in [0, 0.1) is 0 Å². The first-order chi connectivity index (χ1) is 37.3. The summed E-state index contributed by atoms with van der Waals surface area (Å²) in [5, 5.41) is 12.4. The minimum Gasteiger partial charge on any atom is -0.799 e. The third-order valence-corrected chi connectivity index (χ3v) is 14.3. The Morgan fingerprint density at radius 3 is 0.487 bits per heavy atom. The monoisotopic (exact) mass is 1200 g/mol. The van der Waals surface area contributed by atoms with Crippen LogP contribution < -0.4 is 37.8 Å². The molecule has 12 aromatic rings. The first-order valence-corrected chi connectivity index (χ1v) is 31.1. The average molecular weight is 1200 g/mol. The van der Waals surface area contributed by atoms with Gasteiger partial charge in [-0.05, 0) is 76.2 Å². The second-order valence-electron chi connectivity index (χ2n) is 17.2.